The van der Waals surface area contributed by atoms with Gasteiger partial charge in [0.15, 0.2) is 0 Å². The van der Waals surface area contributed by atoms with Crippen LogP contribution < -0.4 is 5.32 Å². The molecule has 2 heterocycles. The van der Waals surface area contributed by atoms with Crippen molar-refractivity contribution in [2.75, 3.05) is 58.3 Å². The van der Waals surface area contributed by atoms with Gasteiger partial charge in [-0.1, -0.05) is 6.07 Å². The molecule has 0 aliphatic carbocycles. The molecular weight excluding hydrogens is 408 g/mol. The third-order valence-electron chi connectivity index (χ3n) is 5.69. The number of hydrogen-bond acceptors (Lipinski definition) is 6. The normalized spacial score (nSPS) is 19.4. The zero-order valence-electron chi connectivity index (χ0n) is 17.5. The molecule has 2 fully saturated rings. The van der Waals surface area contributed by atoms with E-state index in [0.717, 1.165) is 25.9 Å². The summed E-state index contributed by atoms with van der Waals surface area (Å²) in [5.41, 5.74) is 0.459. The maximum Gasteiger partial charge on any atom is 0.243 e. The highest BCUT2D eigenvalue weighted by Crippen LogP contribution is 2.21. The number of amides is 2. The molecule has 1 N–H and O–H groups in total. The second kappa shape index (κ2) is 9.86. The first-order chi connectivity index (χ1) is 14.3. The van der Waals surface area contributed by atoms with Crippen molar-refractivity contribution in [1.29, 1.82) is 0 Å². The molecule has 0 saturated carbocycles. The van der Waals surface area contributed by atoms with Crippen LogP contribution >= 0.6 is 0 Å². The van der Waals surface area contributed by atoms with Crippen molar-refractivity contribution in [3.63, 3.8) is 0 Å². The van der Waals surface area contributed by atoms with Crippen LogP contribution in [0.1, 0.15) is 19.8 Å². The van der Waals surface area contributed by atoms with Gasteiger partial charge < -0.3 is 15.0 Å². The van der Waals surface area contributed by atoms with Crippen LogP contribution in [0.3, 0.4) is 0 Å². The molecule has 2 aliphatic rings. The maximum absolute atomic E-state index is 12.8. The Balaban J connectivity index is 1.55. The van der Waals surface area contributed by atoms with Gasteiger partial charge in [0.05, 0.1) is 24.7 Å². The van der Waals surface area contributed by atoms with E-state index in [0.29, 0.717) is 32.0 Å². The SMILES string of the molecule is CC(=O)N(C)C1CCN(CC(=O)Nc2cccc(S(=O)(=O)N3CCOCC3)c2)CC1. The molecule has 0 bridgehead atoms. The van der Waals surface area contributed by atoms with Gasteiger partial charge in [0.25, 0.3) is 0 Å². The van der Waals surface area contributed by atoms with Crippen LogP contribution in [0.5, 0.6) is 0 Å². The number of hydrogen-bond donors (Lipinski definition) is 1. The van der Waals surface area contributed by atoms with Gasteiger partial charge >= 0.3 is 0 Å². The number of sulfonamides is 1. The summed E-state index contributed by atoms with van der Waals surface area (Å²) >= 11 is 0. The number of carbonyl (C=O) groups excluding carboxylic acids is 2. The Kier molecular flexibility index (Phi) is 7.45. The van der Waals surface area contributed by atoms with E-state index in [1.54, 1.807) is 24.0 Å². The van der Waals surface area contributed by atoms with Crippen LogP contribution in [0.15, 0.2) is 29.2 Å². The first-order valence-electron chi connectivity index (χ1n) is 10.2. The molecule has 1 aromatic rings. The van der Waals surface area contributed by atoms with Gasteiger partial charge in [-0.15, -0.1) is 0 Å². The highest BCUT2D eigenvalue weighted by Gasteiger charge is 2.27. The Morgan fingerprint density at radius 3 is 2.47 bits per heavy atom. The van der Waals surface area contributed by atoms with Gasteiger partial charge in [-0.05, 0) is 31.0 Å². The van der Waals surface area contributed by atoms with Crippen molar-refractivity contribution in [3.05, 3.63) is 24.3 Å². The molecule has 0 radical (unpaired) electrons. The molecule has 2 aliphatic heterocycles. The summed E-state index contributed by atoms with van der Waals surface area (Å²) in [6.45, 7) is 4.69. The minimum absolute atomic E-state index is 0.0538. The second-order valence-corrected chi connectivity index (χ2v) is 9.67. The number of likely N-dealkylation sites (tertiary alicyclic amines) is 1. The van der Waals surface area contributed by atoms with E-state index in [4.69, 9.17) is 4.74 Å². The summed E-state index contributed by atoms with van der Waals surface area (Å²) < 4.78 is 32.2. The largest absolute Gasteiger partial charge is 0.379 e. The third kappa shape index (κ3) is 5.57. The van der Waals surface area contributed by atoms with E-state index in [1.807, 2.05) is 11.9 Å². The summed E-state index contributed by atoms with van der Waals surface area (Å²) in [4.78, 5) is 27.9. The Morgan fingerprint density at radius 2 is 1.83 bits per heavy atom. The van der Waals surface area contributed by atoms with Crippen LogP contribution in [0.4, 0.5) is 5.69 Å². The van der Waals surface area contributed by atoms with Crippen LogP contribution in [0.25, 0.3) is 0 Å². The smallest absolute Gasteiger partial charge is 0.243 e. The first-order valence-corrected chi connectivity index (χ1v) is 11.6. The summed E-state index contributed by atoms with van der Waals surface area (Å²) in [6.07, 6.45) is 1.66. The fraction of sp³-hybridized carbons (Fsp3) is 0.600. The monoisotopic (exact) mass is 438 g/mol. The lowest BCUT2D eigenvalue weighted by atomic mass is 10.0. The number of rotatable bonds is 6. The first kappa shape index (κ1) is 22.7. The third-order valence-corrected chi connectivity index (χ3v) is 7.59. The summed E-state index contributed by atoms with van der Waals surface area (Å²) in [5, 5.41) is 2.80. The number of anilines is 1. The van der Waals surface area contributed by atoms with Crippen LogP contribution in [0, 0.1) is 0 Å². The molecule has 30 heavy (non-hydrogen) atoms. The Bertz CT molecular complexity index is 862. The highest BCUT2D eigenvalue weighted by molar-refractivity contribution is 7.89. The van der Waals surface area contributed by atoms with E-state index >= 15 is 0 Å². The summed E-state index contributed by atoms with van der Waals surface area (Å²) in [6, 6.07) is 6.56. The number of piperidine rings is 1. The topological polar surface area (TPSA) is 99.3 Å². The highest BCUT2D eigenvalue weighted by atomic mass is 32.2. The van der Waals surface area contributed by atoms with Crippen LogP contribution in [-0.2, 0) is 24.3 Å². The number of carbonyl (C=O) groups is 2. The van der Waals surface area contributed by atoms with Crippen molar-refractivity contribution >= 4 is 27.5 Å². The molecule has 2 amide bonds. The second-order valence-electron chi connectivity index (χ2n) is 7.73. The number of ether oxygens (including phenoxy) is 1. The predicted octanol–water partition coefficient (Wildman–Crippen LogP) is 0.589. The lowest BCUT2D eigenvalue weighted by Crippen LogP contribution is -2.46. The van der Waals surface area contributed by atoms with E-state index in [1.165, 1.54) is 16.4 Å². The van der Waals surface area contributed by atoms with Crippen LogP contribution in [-0.4, -0.2) is 93.4 Å². The molecule has 3 rings (SSSR count). The van der Waals surface area contributed by atoms with Gasteiger partial charge in [-0.3, -0.25) is 14.5 Å². The van der Waals surface area contributed by atoms with Crippen molar-refractivity contribution in [3.8, 4) is 0 Å². The minimum Gasteiger partial charge on any atom is -0.379 e. The number of nitrogens with zero attached hydrogens (tertiary/aromatic N) is 3. The van der Waals surface area contributed by atoms with Crippen molar-refractivity contribution < 1.29 is 22.7 Å². The van der Waals surface area contributed by atoms with Crippen LogP contribution in [0.2, 0.25) is 0 Å². The van der Waals surface area contributed by atoms with Gasteiger partial charge in [0, 0.05) is 51.9 Å². The molecule has 0 spiro atoms. The average Bonchev–Trinajstić information content (AvgIpc) is 2.74. The molecule has 2 saturated heterocycles. The zero-order valence-corrected chi connectivity index (χ0v) is 18.4. The van der Waals surface area contributed by atoms with Gasteiger partial charge in [0.2, 0.25) is 21.8 Å². The van der Waals surface area contributed by atoms with E-state index in [2.05, 4.69) is 5.32 Å². The Morgan fingerprint density at radius 1 is 1.17 bits per heavy atom. The Labute approximate surface area is 178 Å². The fourth-order valence-corrected chi connectivity index (χ4v) is 5.25. The molecule has 10 heteroatoms. The number of morpholine rings is 1. The standard InChI is InChI=1S/C20H30N4O5S/c1-16(25)22(2)18-6-8-23(9-7-18)15-20(26)21-17-4-3-5-19(14-17)30(27,28)24-10-12-29-13-11-24/h3-5,14,18H,6-13,15H2,1-2H3,(H,21,26). The van der Waals surface area contributed by atoms with Crippen molar-refractivity contribution in [1.82, 2.24) is 14.1 Å². The van der Waals surface area contributed by atoms with Crippen molar-refractivity contribution in [2.24, 2.45) is 0 Å². The summed E-state index contributed by atoms with van der Waals surface area (Å²) in [7, 11) is -1.80. The van der Waals surface area contributed by atoms with E-state index in [-0.39, 0.29) is 29.3 Å². The minimum atomic E-state index is -3.61. The average molecular weight is 439 g/mol. The van der Waals surface area contributed by atoms with Gasteiger partial charge in [0.1, 0.15) is 0 Å². The number of benzene rings is 1. The quantitative estimate of drug-likeness (QED) is 0.698. The van der Waals surface area contributed by atoms with Gasteiger partial charge in [-0.2, -0.15) is 4.31 Å². The van der Waals surface area contributed by atoms with Gasteiger partial charge in [-0.25, -0.2) is 8.42 Å². The van der Waals surface area contributed by atoms with Crippen molar-refractivity contribution in [2.45, 2.75) is 30.7 Å². The lowest BCUT2D eigenvalue weighted by Gasteiger charge is -2.36. The number of nitrogens with one attached hydrogen (secondary N) is 1. The zero-order chi connectivity index (χ0) is 21.7. The van der Waals surface area contributed by atoms with E-state index < -0.39 is 10.0 Å². The maximum atomic E-state index is 12.8. The fourth-order valence-electron chi connectivity index (χ4n) is 3.80. The Hall–Kier alpha value is -2.01. The molecule has 0 unspecified atom stereocenters. The predicted molar refractivity (Wildman–Crippen MR) is 113 cm³/mol. The molecule has 1 aromatic carbocycles. The molecule has 0 atom stereocenters. The molecular formula is C20H30N4O5S. The molecule has 9 nitrogen and oxygen atoms in total. The molecule has 0 aromatic heterocycles. The summed E-state index contributed by atoms with van der Waals surface area (Å²) in [5.74, 6) is -0.132. The molecule has 166 valence electrons. The van der Waals surface area contributed by atoms with E-state index in [9.17, 15) is 18.0 Å². The lowest BCUT2D eigenvalue weighted by molar-refractivity contribution is -0.130.